The lowest BCUT2D eigenvalue weighted by Gasteiger charge is -2.53. The average Bonchev–Trinajstić information content (AvgIpc) is 4.02. The van der Waals surface area contributed by atoms with Crippen molar-refractivity contribution in [3.8, 4) is 33.4 Å². The normalized spacial score (nSPS) is 31.6. The molecule has 0 heterocycles. The van der Waals surface area contributed by atoms with Crippen LogP contribution in [0.4, 0.5) is 17.1 Å². The van der Waals surface area contributed by atoms with E-state index in [1.165, 1.54) is 126 Å². The molecule has 6 aromatic rings. The first kappa shape index (κ1) is 33.0. The maximum atomic E-state index is 2.66. The van der Waals surface area contributed by atoms with Gasteiger partial charge in [0.15, 0.2) is 0 Å². The molecule has 0 radical (unpaired) electrons. The highest BCUT2D eigenvalue weighted by atomic mass is 15.1. The highest BCUT2D eigenvalue weighted by Gasteiger charge is 2.60. The van der Waals surface area contributed by atoms with Crippen molar-refractivity contribution in [1.29, 1.82) is 0 Å². The van der Waals surface area contributed by atoms with E-state index in [1.54, 1.807) is 22.3 Å². The van der Waals surface area contributed by atoms with E-state index in [2.05, 4.69) is 146 Å². The highest BCUT2D eigenvalue weighted by Crippen LogP contribution is 2.69. The molecule has 0 aliphatic heterocycles. The van der Waals surface area contributed by atoms with Gasteiger partial charge in [-0.2, -0.15) is 0 Å². The second kappa shape index (κ2) is 11.2. The van der Waals surface area contributed by atoms with Gasteiger partial charge in [0.25, 0.3) is 0 Å². The fraction of sp³-hybridized carbons (Fsp3) is 0.368. The summed E-state index contributed by atoms with van der Waals surface area (Å²) in [4.78, 5) is 2.65. The summed E-state index contributed by atoms with van der Waals surface area (Å²) < 4.78 is 0. The minimum absolute atomic E-state index is 0.0679. The molecule has 0 saturated heterocycles. The van der Waals surface area contributed by atoms with Gasteiger partial charge in [-0.1, -0.05) is 118 Å². The van der Waals surface area contributed by atoms with Gasteiger partial charge in [0, 0.05) is 33.3 Å². The monoisotopic (exact) mass is 751 g/mol. The molecular weight excluding hydrogens is 699 g/mol. The number of hydrogen-bond acceptors (Lipinski definition) is 1. The predicted octanol–water partition coefficient (Wildman–Crippen LogP) is 14.7. The highest BCUT2D eigenvalue weighted by molar-refractivity contribution is 5.91. The third-order valence-electron chi connectivity index (χ3n) is 18.2. The van der Waals surface area contributed by atoms with Crippen LogP contribution in [0.3, 0.4) is 0 Å². The molecule has 2 spiro atoms. The first-order valence-electron chi connectivity index (χ1n) is 23.0. The molecule has 9 aliphatic carbocycles. The van der Waals surface area contributed by atoms with E-state index in [0.717, 1.165) is 35.5 Å². The number of anilines is 3. The van der Waals surface area contributed by atoms with Gasteiger partial charge in [-0.15, -0.1) is 0 Å². The van der Waals surface area contributed by atoms with Crippen LogP contribution in [0, 0.1) is 35.5 Å². The molecule has 58 heavy (non-hydrogen) atoms. The van der Waals surface area contributed by atoms with Gasteiger partial charge < -0.3 is 4.90 Å². The maximum absolute atomic E-state index is 2.66. The third-order valence-corrected chi connectivity index (χ3v) is 18.2. The summed E-state index contributed by atoms with van der Waals surface area (Å²) in [6, 6.07) is 51.1. The third kappa shape index (κ3) is 3.96. The molecule has 0 aromatic heterocycles. The number of benzene rings is 6. The molecule has 0 amide bonds. The lowest BCUT2D eigenvalue weighted by molar-refractivity contribution is 0.0618. The van der Waals surface area contributed by atoms with Gasteiger partial charge >= 0.3 is 0 Å². The van der Waals surface area contributed by atoms with Crippen LogP contribution in [0.15, 0.2) is 127 Å². The molecule has 6 aromatic carbocycles. The van der Waals surface area contributed by atoms with Gasteiger partial charge in [0.05, 0.1) is 0 Å². The Bertz CT molecular complexity index is 2740. The first-order valence-corrected chi connectivity index (χ1v) is 23.0. The Kier molecular flexibility index (Phi) is 6.39. The molecule has 7 unspecified atom stereocenters. The quantitative estimate of drug-likeness (QED) is 0.174. The second-order valence-corrected chi connectivity index (χ2v) is 20.9. The molecule has 6 fully saturated rings. The van der Waals surface area contributed by atoms with Crippen LogP contribution in [-0.2, 0) is 16.2 Å². The van der Waals surface area contributed by atoms with E-state index in [-0.39, 0.29) is 16.2 Å². The fourth-order valence-electron chi connectivity index (χ4n) is 16.2. The number of fused-ring (bicyclic) bond motifs is 15. The Morgan fingerprint density at radius 1 is 0.397 bits per heavy atom. The molecule has 6 bridgehead atoms. The number of nitrogens with zero attached hydrogens (tertiary/aromatic N) is 1. The molecule has 15 rings (SSSR count). The largest absolute Gasteiger partial charge is 0.310 e. The summed E-state index contributed by atoms with van der Waals surface area (Å²) in [5.74, 6) is 4.97. The van der Waals surface area contributed by atoms with Crippen LogP contribution in [0.25, 0.3) is 33.4 Å². The molecule has 286 valence electrons. The molecule has 6 saturated carbocycles. The van der Waals surface area contributed by atoms with Crippen molar-refractivity contribution < 1.29 is 0 Å². The van der Waals surface area contributed by atoms with Gasteiger partial charge in [-0.05, 0) is 190 Å². The van der Waals surface area contributed by atoms with Crippen LogP contribution >= 0.6 is 0 Å². The molecule has 1 heteroatoms. The van der Waals surface area contributed by atoms with E-state index in [4.69, 9.17) is 0 Å². The Hall–Kier alpha value is -4.88. The minimum Gasteiger partial charge on any atom is -0.310 e. The van der Waals surface area contributed by atoms with Gasteiger partial charge in [-0.25, -0.2) is 0 Å². The van der Waals surface area contributed by atoms with E-state index in [9.17, 15) is 0 Å². The standard InChI is InChI=1S/C57H53N/c1-55(2)49-12-6-3-9-43(49)46-22-19-41(31-53(46)55)58(42-20-23-47-44-10-4-7-13-50(44)56(54(47)32-42)33-35-16-17-37(56)27-35)40-21-24-52-48(30-40)45-11-5-8-14-51(45)57(52)38-18-15-34-25-36(28-38)29-39(57)26-34/h3-14,19-24,30-32,34-39H,15-18,25-29,33H2,1-2H3/t34?,35?,36-,37?,38?,39?,56?,57?/m0/s1. The van der Waals surface area contributed by atoms with Crippen molar-refractivity contribution in [2.24, 2.45) is 35.5 Å². The molecular formula is C57H53N. The maximum Gasteiger partial charge on any atom is 0.0468 e. The lowest BCUT2D eigenvalue weighted by Crippen LogP contribution is -2.48. The Balaban J connectivity index is 0.986. The summed E-state index contributed by atoms with van der Waals surface area (Å²) in [5, 5.41) is 0. The molecule has 9 aliphatic rings. The van der Waals surface area contributed by atoms with Crippen molar-refractivity contribution in [2.45, 2.75) is 94.3 Å². The predicted molar refractivity (Wildman–Crippen MR) is 238 cm³/mol. The fourth-order valence-corrected chi connectivity index (χ4v) is 16.2. The van der Waals surface area contributed by atoms with Crippen molar-refractivity contribution in [3.05, 3.63) is 161 Å². The van der Waals surface area contributed by atoms with Crippen LogP contribution in [0.5, 0.6) is 0 Å². The average molecular weight is 752 g/mol. The molecule has 8 atom stereocenters. The topological polar surface area (TPSA) is 3.24 Å². The second-order valence-electron chi connectivity index (χ2n) is 20.9. The summed E-state index contributed by atoms with van der Waals surface area (Å²) in [7, 11) is 0. The van der Waals surface area contributed by atoms with Crippen LogP contribution in [0.1, 0.15) is 111 Å². The number of rotatable bonds is 3. The van der Waals surface area contributed by atoms with Crippen molar-refractivity contribution in [3.63, 3.8) is 0 Å². The van der Waals surface area contributed by atoms with E-state index in [1.807, 2.05) is 0 Å². The smallest absolute Gasteiger partial charge is 0.0468 e. The van der Waals surface area contributed by atoms with Crippen molar-refractivity contribution in [1.82, 2.24) is 0 Å². The Labute approximate surface area is 344 Å². The van der Waals surface area contributed by atoms with Gasteiger partial charge in [-0.3, -0.25) is 0 Å². The summed E-state index contributed by atoms with van der Waals surface area (Å²) >= 11 is 0. The Morgan fingerprint density at radius 2 is 0.931 bits per heavy atom. The summed E-state index contributed by atoms with van der Waals surface area (Å²) in [6.07, 6.45) is 14.0. The zero-order chi connectivity index (χ0) is 38.1. The van der Waals surface area contributed by atoms with Crippen LogP contribution in [0.2, 0.25) is 0 Å². The zero-order valence-electron chi connectivity index (χ0n) is 34.1. The van der Waals surface area contributed by atoms with E-state index >= 15 is 0 Å². The van der Waals surface area contributed by atoms with E-state index in [0.29, 0.717) is 0 Å². The lowest BCUT2D eigenvalue weighted by atomic mass is 9.51. The molecule has 0 N–H and O–H groups in total. The van der Waals surface area contributed by atoms with Crippen LogP contribution in [-0.4, -0.2) is 0 Å². The Morgan fingerprint density at radius 3 is 1.69 bits per heavy atom. The minimum atomic E-state index is -0.0679. The van der Waals surface area contributed by atoms with Crippen LogP contribution < -0.4 is 4.90 Å². The zero-order valence-corrected chi connectivity index (χ0v) is 34.1. The van der Waals surface area contributed by atoms with Gasteiger partial charge in [0.1, 0.15) is 0 Å². The van der Waals surface area contributed by atoms with Crippen molar-refractivity contribution >= 4 is 17.1 Å². The molecule has 1 nitrogen and oxygen atoms in total. The van der Waals surface area contributed by atoms with Gasteiger partial charge in [0.2, 0.25) is 0 Å². The van der Waals surface area contributed by atoms with Crippen molar-refractivity contribution in [2.75, 3.05) is 4.90 Å². The number of hydrogen-bond donors (Lipinski definition) is 0. The summed E-state index contributed by atoms with van der Waals surface area (Å²) in [6.45, 7) is 4.85. The van der Waals surface area contributed by atoms with E-state index < -0.39 is 0 Å². The summed E-state index contributed by atoms with van der Waals surface area (Å²) in [5.41, 5.74) is 22.2. The SMILES string of the molecule is CC1(C)c2ccccc2-c2ccc(N(c3ccc4c(c3)-c3ccccc3C43C4CCC5CC3C[C@@H](C5)C4)c3ccc4c(c3)C3(CC5CCC3C5)c3ccccc3-4)cc21. The first-order chi connectivity index (χ1) is 28.4.